The number of ether oxygens (including phenoxy) is 1. The van der Waals surface area contributed by atoms with Crippen LogP contribution >= 0.6 is 0 Å². The van der Waals surface area contributed by atoms with Crippen LogP contribution in [0.15, 0.2) is 66.7 Å². The SMILES string of the molecule is CCCc1ccc(OC(=O)C2CCC(c3cc(F)c(C[C@@H](C)c4ccccc4)c(F)c3)CC2)cc1. The fourth-order valence-corrected chi connectivity index (χ4v) is 5.13. The van der Waals surface area contributed by atoms with E-state index < -0.39 is 11.6 Å². The molecule has 0 aromatic heterocycles. The van der Waals surface area contributed by atoms with Crippen LogP contribution in [0.2, 0.25) is 0 Å². The number of aryl methyl sites for hydroxylation is 1. The predicted molar refractivity (Wildman–Crippen MR) is 136 cm³/mol. The molecule has 0 bridgehead atoms. The number of benzene rings is 3. The van der Waals surface area contributed by atoms with Crippen LogP contribution in [0.3, 0.4) is 0 Å². The van der Waals surface area contributed by atoms with Crippen molar-refractivity contribution in [2.45, 2.75) is 70.6 Å². The van der Waals surface area contributed by atoms with Crippen molar-refractivity contribution in [3.8, 4) is 5.75 Å². The van der Waals surface area contributed by atoms with Gasteiger partial charge in [0.15, 0.2) is 0 Å². The fourth-order valence-electron chi connectivity index (χ4n) is 5.13. The Hall–Kier alpha value is -3.01. The first-order valence-corrected chi connectivity index (χ1v) is 12.8. The number of hydrogen-bond acceptors (Lipinski definition) is 2. The molecular formula is C31H34F2O2. The number of esters is 1. The molecule has 0 radical (unpaired) electrons. The Morgan fingerprint density at radius 1 is 0.943 bits per heavy atom. The zero-order valence-electron chi connectivity index (χ0n) is 20.6. The molecular weight excluding hydrogens is 442 g/mol. The first-order valence-electron chi connectivity index (χ1n) is 12.8. The summed E-state index contributed by atoms with van der Waals surface area (Å²) in [6.07, 6.45) is 5.15. The molecule has 0 aliphatic heterocycles. The smallest absolute Gasteiger partial charge is 0.314 e. The number of hydrogen-bond donors (Lipinski definition) is 0. The molecule has 3 aromatic rings. The molecule has 0 heterocycles. The van der Waals surface area contributed by atoms with Crippen LogP contribution in [-0.2, 0) is 17.6 Å². The van der Waals surface area contributed by atoms with Crippen molar-refractivity contribution in [2.24, 2.45) is 5.92 Å². The van der Waals surface area contributed by atoms with Crippen molar-refractivity contribution < 1.29 is 18.3 Å². The minimum absolute atomic E-state index is 0.0235. The van der Waals surface area contributed by atoms with E-state index in [-0.39, 0.29) is 29.3 Å². The molecule has 0 unspecified atom stereocenters. The van der Waals surface area contributed by atoms with Crippen LogP contribution in [0.5, 0.6) is 5.75 Å². The summed E-state index contributed by atoms with van der Waals surface area (Å²) in [5, 5.41) is 0. The van der Waals surface area contributed by atoms with E-state index in [0.29, 0.717) is 43.4 Å². The van der Waals surface area contributed by atoms with Crippen molar-refractivity contribution in [1.29, 1.82) is 0 Å². The molecule has 0 N–H and O–H groups in total. The zero-order valence-corrected chi connectivity index (χ0v) is 20.6. The Balaban J connectivity index is 1.34. The molecule has 1 aliphatic carbocycles. The average molecular weight is 477 g/mol. The van der Waals surface area contributed by atoms with Crippen molar-refractivity contribution in [1.82, 2.24) is 0 Å². The predicted octanol–water partition coefficient (Wildman–Crippen LogP) is 8.14. The van der Waals surface area contributed by atoms with E-state index >= 15 is 0 Å². The minimum atomic E-state index is -0.476. The quantitative estimate of drug-likeness (QED) is 0.242. The second kappa shape index (κ2) is 11.6. The third-order valence-corrected chi connectivity index (χ3v) is 7.25. The Morgan fingerprint density at radius 3 is 2.17 bits per heavy atom. The van der Waals surface area contributed by atoms with Crippen molar-refractivity contribution in [2.75, 3.05) is 0 Å². The number of halogens is 2. The Kier molecular flexibility index (Phi) is 8.33. The molecule has 4 rings (SSSR count). The van der Waals surface area contributed by atoms with Gasteiger partial charge in [-0.1, -0.05) is 62.7 Å². The second-order valence-corrected chi connectivity index (χ2v) is 9.84. The highest BCUT2D eigenvalue weighted by molar-refractivity contribution is 5.75. The van der Waals surface area contributed by atoms with E-state index in [1.165, 1.54) is 17.7 Å². The first-order chi connectivity index (χ1) is 16.9. The average Bonchev–Trinajstić information content (AvgIpc) is 2.88. The molecule has 1 fully saturated rings. The normalized spacial score (nSPS) is 18.7. The van der Waals surface area contributed by atoms with Gasteiger partial charge in [0.2, 0.25) is 0 Å². The van der Waals surface area contributed by atoms with Gasteiger partial charge in [-0.15, -0.1) is 0 Å². The summed E-state index contributed by atoms with van der Waals surface area (Å²) in [5.41, 5.74) is 3.13. The van der Waals surface area contributed by atoms with Crippen molar-refractivity contribution in [3.63, 3.8) is 0 Å². The van der Waals surface area contributed by atoms with Crippen LogP contribution in [0.25, 0.3) is 0 Å². The van der Waals surface area contributed by atoms with Gasteiger partial charge in [-0.05, 0) is 91.3 Å². The molecule has 2 nitrogen and oxygen atoms in total. The van der Waals surface area contributed by atoms with Crippen LogP contribution in [-0.4, -0.2) is 5.97 Å². The highest BCUT2D eigenvalue weighted by atomic mass is 19.1. The van der Waals surface area contributed by atoms with Crippen LogP contribution in [0.4, 0.5) is 8.78 Å². The summed E-state index contributed by atoms with van der Waals surface area (Å²) < 4.78 is 35.5. The Bertz CT molecular complexity index is 1090. The Labute approximate surface area is 207 Å². The summed E-state index contributed by atoms with van der Waals surface area (Å²) in [7, 11) is 0. The van der Waals surface area contributed by atoms with E-state index in [0.717, 1.165) is 18.4 Å². The second-order valence-electron chi connectivity index (χ2n) is 9.84. The molecule has 1 atom stereocenters. The van der Waals surface area contributed by atoms with E-state index in [1.54, 1.807) is 0 Å². The topological polar surface area (TPSA) is 26.3 Å². The summed E-state index contributed by atoms with van der Waals surface area (Å²) in [4.78, 5) is 12.7. The lowest BCUT2D eigenvalue weighted by molar-refractivity contribution is -0.140. The highest BCUT2D eigenvalue weighted by Crippen LogP contribution is 2.38. The lowest BCUT2D eigenvalue weighted by atomic mass is 9.78. The van der Waals surface area contributed by atoms with Crippen LogP contribution in [0.1, 0.15) is 80.0 Å². The summed E-state index contributed by atoms with van der Waals surface area (Å²) >= 11 is 0. The highest BCUT2D eigenvalue weighted by Gasteiger charge is 2.29. The van der Waals surface area contributed by atoms with Gasteiger partial charge >= 0.3 is 5.97 Å². The van der Waals surface area contributed by atoms with Crippen LogP contribution < -0.4 is 4.74 Å². The van der Waals surface area contributed by atoms with Gasteiger partial charge in [0.05, 0.1) is 5.92 Å². The van der Waals surface area contributed by atoms with E-state index in [9.17, 15) is 13.6 Å². The fraction of sp³-hybridized carbons (Fsp3) is 0.387. The third kappa shape index (κ3) is 6.36. The van der Waals surface area contributed by atoms with Gasteiger partial charge in [0.25, 0.3) is 0 Å². The molecule has 35 heavy (non-hydrogen) atoms. The van der Waals surface area contributed by atoms with Gasteiger partial charge in [0, 0.05) is 5.56 Å². The number of carbonyl (C=O) groups is 1. The summed E-state index contributed by atoms with van der Waals surface area (Å²) in [6.45, 7) is 4.12. The lowest BCUT2D eigenvalue weighted by Gasteiger charge is -2.28. The van der Waals surface area contributed by atoms with E-state index in [4.69, 9.17) is 4.74 Å². The maximum Gasteiger partial charge on any atom is 0.314 e. The Morgan fingerprint density at radius 2 is 1.57 bits per heavy atom. The first kappa shape index (κ1) is 25.1. The van der Waals surface area contributed by atoms with Gasteiger partial charge in [0.1, 0.15) is 17.4 Å². The maximum absolute atomic E-state index is 15.0. The van der Waals surface area contributed by atoms with Gasteiger partial charge < -0.3 is 4.74 Å². The molecule has 184 valence electrons. The molecule has 1 saturated carbocycles. The molecule has 0 spiro atoms. The minimum Gasteiger partial charge on any atom is -0.426 e. The lowest BCUT2D eigenvalue weighted by Crippen LogP contribution is -2.25. The molecule has 3 aromatic carbocycles. The third-order valence-electron chi connectivity index (χ3n) is 7.25. The van der Waals surface area contributed by atoms with Gasteiger partial charge in [-0.25, -0.2) is 8.78 Å². The van der Waals surface area contributed by atoms with Gasteiger partial charge in [-0.2, -0.15) is 0 Å². The molecule has 0 saturated heterocycles. The standard InChI is InChI=1S/C31H34F2O2/c1-3-7-22-10-16-27(17-11-22)35-31(34)25-14-12-24(13-15-25)26-19-29(32)28(30(33)20-26)18-21(2)23-8-5-4-6-9-23/h4-6,8-11,16-17,19-21,24-25H,3,7,12-15,18H2,1-2H3/t21-,24?,25?/m1/s1. The van der Waals surface area contributed by atoms with Crippen LogP contribution in [0, 0.1) is 17.6 Å². The monoisotopic (exact) mass is 476 g/mol. The van der Waals surface area contributed by atoms with Gasteiger partial charge in [-0.3, -0.25) is 4.79 Å². The van der Waals surface area contributed by atoms with Crippen molar-refractivity contribution >= 4 is 5.97 Å². The van der Waals surface area contributed by atoms with Crippen molar-refractivity contribution in [3.05, 3.63) is 101 Å². The molecule has 1 aliphatic rings. The van der Waals surface area contributed by atoms with E-state index in [2.05, 4.69) is 6.92 Å². The van der Waals surface area contributed by atoms with E-state index in [1.807, 2.05) is 61.5 Å². The summed E-state index contributed by atoms with van der Waals surface area (Å²) in [5.74, 6) is -0.697. The zero-order chi connectivity index (χ0) is 24.8. The number of rotatable bonds is 8. The maximum atomic E-state index is 15.0. The molecule has 4 heteroatoms. The number of carbonyl (C=O) groups excluding carboxylic acids is 1. The largest absolute Gasteiger partial charge is 0.426 e. The molecule has 0 amide bonds. The summed E-state index contributed by atoms with van der Waals surface area (Å²) in [6, 6.07) is 20.5.